The molecule has 31 heavy (non-hydrogen) atoms. The lowest BCUT2D eigenvalue weighted by Gasteiger charge is -2.31. The molecule has 1 aliphatic carbocycles. The summed E-state index contributed by atoms with van der Waals surface area (Å²) in [7, 11) is 0. The SMILES string of the molecule is O=C1CCC(c2cncc(NC3CCC(C(=O)N4CC[C@@H](C(=O)O)C4)CC3)c2)C(=O)N1. The fourth-order valence-corrected chi connectivity index (χ4v) is 4.88. The maximum atomic E-state index is 12.7. The van der Waals surface area contributed by atoms with E-state index in [0.29, 0.717) is 32.4 Å². The van der Waals surface area contributed by atoms with Crippen LogP contribution in [0.15, 0.2) is 18.5 Å². The van der Waals surface area contributed by atoms with Crippen LogP contribution in [0.5, 0.6) is 0 Å². The molecule has 0 radical (unpaired) electrons. The molecule has 1 aromatic heterocycles. The number of pyridine rings is 1. The van der Waals surface area contributed by atoms with Crippen LogP contribution < -0.4 is 10.6 Å². The van der Waals surface area contributed by atoms with Gasteiger partial charge in [-0.05, 0) is 50.2 Å². The first-order valence-corrected chi connectivity index (χ1v) is 11.0. The first-order chi connectivity index (χ1) is 14.9. The molecule has 9 heteroatoms. The lowest BCUT2D eigenvalue weighted by atomic mass is 9.85. The van der Waals surface area contributed by atoms with Crippen molar-refractivity contribution in [3.8, 4) is 0 Å². The van der Waals surface area contributed by atoms with Crippen molar-refractivity contribution in [3.63, 3.8) is 0 Å². The van der Waals surface area contributed by atoms with Gasteiger partial charge in [0.15, 0.2) is 0 Å². The van der Waals surface area contributed by atoms with Crippen molar-refractivity contribution in [1.29, 1.82) is 0 Å². The minimum atomic E-state index is -0.823. The van der Waals surface area contributed by atoms with Gasteiger partial charge in [-0.15, -0.1) is 0 Å². The number of carboxylic acids is 1. The van der Waals surface area contributed by atoms with Gasteiger partial charge in [0, 0.05) is 43.9 Å². The Morgan fingerprint density at radius 3 is 2.52 bits per heavy atom. The first-order valence-electron chi connectivity index (χ1n) is 11.0. The number of hydrogen-bond donors (Lipinski definition) is 3. The zero-order valence-electron chi connectivity index (χ0n) is 17.4. The predicted molar refractivity (Wildman–Crippen MR) is 111 cm³/mol. The molecular formula is C22H28N4O5. The number of nitrogens with one attached hydrogen (secondary N) is 2. The van der Waals surface area contributed by atoms with Crippen LogP contribution in [0.25, 0.3) is 0 Å². The number of anilines is 1. The molecule has 2 atom stereocenters. The molecule has 0 aromatic carbocycles. The van der Waals surface area contributed by atoms with Gasteiger partial charge in [-0.1, -0.05) is 0 Å². The summed E-state index contributed by atoms with van der Waals surface area (Å²) in [6.45, 7) is 0.859. The molecule has 1 saturated carbocycles. The van der Waals surface area contributed by atoms with E-state index in [1.54, 1.807) is 17.3 Å². The molecule has 3 aliphatic rings. The molecule has 4 rings (SSSR count). The van der Waals surface area contributed by atoms with Crippen LogP contribution >= 0.6 is 0 Å². The predicted octanol–water partition coefficient (Wildman–Crippen LogP) is 1.51. The second-order valence-corrected chi connectivity index (χ2v) is 8.81. The van der Waals surface area contributed by atoms with Crippen LogP contribution in [0.1, 0.15) is 56.4 Å². The van der Waals surface area contributed by atoms with Crippen LogP contribution in [0.4, 0.5) is 5.69 Å². The van der Waals surface area contributed by atoms with E-state index in [-0.39, 0.29) is 35.6 Å². The number of piperidine rings is 1. The molecule has 166 valence electrons. The summed E-state index contributed by atoms with van der Waals surface area (Å²) >= 11 is 0. The highest BCUT2D eigenvalue weighted by Crippen LogP contribution is 2.31. The number of likely N-dealkylation sites (tertiary alicyclic amines) is 1. The number of aliphatic carboxylic acids is 1. The third kappa shape index (κ3) is 4.86. The van der Waals surface area contributed by atoms with E-state index in [4.69, 9.17) is 5.11 Å². The largest absolute Gasteiger partial charge is 0.481 e. The topological polar surface area (TPSA) is 129 Å². The van der Waals surface area contributed by atoms with Crippen LogP contribution in [0.3, 0.4) is 0 Å². The fourth-order valence-electron chi connectivity index (χ4n) is 4.88. The monoisotopic (exact) mass is 428 g/mol. The summed E-state index contributed by atoms with van der Waals surface area (Å²) in [6.07, 6.45) is 7.97. The summed E-state index contributed by atoms with van der Waals surface area (Å²) < 4.78 is 0. The molecule has 0 bridgehead atoms. The Bertz CT molecular complexity index is 880. The number of hydrogen-bond acceptors (Lipinski definition) is 6. The van der Waals surface area contributed by atoms with Crippen LogP contribution in [0, 0.1) is 11.8 Å². The molecule has 0 spiro atoms. The van der Waals surface area contributed by atoms with Crippen molar-refractivity contribution in [2.75, 3.05) is 18.4 Å². The van der Waals surface area contributed by atoms with Crippen molar-refractivity contribution < 1.29 is 24.3 Å². The Labute approximate surface area is 180 Å². The molecule has 3 fully saturated rings. The number of imide groups is 1. The van der Waals surface area contributed by atoms with Gasteiger partial charge in [-0.25, -0.2) is 0 Å². The van der Waals surface area contributed by atoms with Gasteiger partial charge in [0.2, 0.25) is 17.7 Å². The van der Waals surface area contributed by atoms with Crippen molar-refractivity contribution >= 4 is 29.4 Å². The normalized spacial score (nSPS) is 28.8. The van der Waals surface area contributed by atoms with E-state index < -0.39 is 11.9 Å². The van der Waals surface area contributed by atoms with Crippen LogP contribution in [0.2, 0.25) is 0 Å². The fraction of sp³-hybridized carbons (Fsp3) is 0.591. The summed E-state index contributed by atoms with van der Waals surface area (Å²) in [5, 5.41) is 15.0. The van der Waals surface area contributed by atoms with E-state index in [2.05, 4.69) is 15.6 Å². The van der Waals surface area contributed by atoms with Crippen LogP contribution in [-0.2, 0) is 19.2 Å². The zero-order valence-corrected chi connectivity index (χ0v) is 17.4. The summed E-state index contributed by atoms with van der Waals surface area (Å²) in [5.74, 6) is -2.09. The third-order valence-electron chi connectivity index (χ3n) is 6.70. The standard InChI is InChI=1S/C22H28N4O5/c27-19-6-5-18(20(28)25-19)15-9-17(11-23-10-15)24-16-3-1-13(2-4-16)21(29)26-8-7-14(12-26)22(30)31/h9-11,13-14,16,18,24H,1-8,12H2,(H,30,31)(H,25,27,28)/t13?,14-,16?,18?/m1/s1. The summed E-state index contributed by atoms with van der Waals surface area (Å²) in [5.41, 5.74) is 1.63. The van der Waals surface area contributed by atoms with Crippen LogP contribution in [-0.4, -0.2) is 57.8 Å². The van der Waals surface area contributed by atoms with E-state index in [0.717, 1.165) is 36.9 Å². The lowest BCUT2D eigenvalue weighted by molar-refractivity contribution is -0.142. The number of amides is 3. The Balaban J connectivity index is 1.29. The first kappa shape index (κ1) is 21.3. The molecule has 9 nitrogen and oxygen atoms in total. The van der Waals surface area contributed by atoms with Crippen molar-refractivity contribution in [1.82, 2.24) is 15.2 Å². The van der Waals surface area contributed by atoms with E-state index in [9.17, 15) is 19.2 Å². The van der Waals surface area contributed by atoms with Gasteiger partial charge < -0.3 is 15.3 Å². The van der Waals surface area contributed by atoms with Gasteiger partial charge >= 0.3 is 5.97 Å². The molecule has 3 N–H and O–H groups in total. The zero-order chi connectivity index (χ0) is 22.0. The second kappa shape index (κ2) is 9.03. The maximum absolute atomic E-state index is 12.7. The lowest BCUT2D eigenvalue weighted by Crippen LogP contribution is -2.39. The summed E-state index contributed by atoms with van der Waals surface area (Å²) in [4.78, 5) is 53.3. The summed E-state index contributed by atoms with van der Waals surface area (Å²) in [6, 6.07) is 2.13. The van der Waals surface area contributed by atoms with E-state index in [1.165, 1.54) is 0 Å². The molecule has 3 heterocycles. The highest BCUT2D eigenvalue weighted by Gasteiger charge is 2.35. The number of nitrogens with zero attached hydrogens (tertiary/aromatic N) is 2. The molecule has 1 unspecified atom stereocenters. The molecule has 2 aliphatic heterocycles. The molecule has 1 aromatic rings. The van der Waals surface area contributed by atoms with Gasteiger partial charge in [0.05, 0.1) is 17.5 Å². The third-order valence-corrected chi connectivity index (χ3v) is 6.70. The van der Waals surface area contributed by atoms with E-state index >= 15 is 0 Å². The Morgan fingerprint density at radius 2 is 1.84 bits per heavy atom. The quantitative estimate of drug-likeness (QED) is 0.606. The minimum Gasteiger partial charge on any atom is -0.481 e. The van der Waals surface area contributed by atoms with Gasteiger partial charge in [0.1, 0.15) is 0 Å². The number of carbonyl (C=O) groups is 4. The number of carbonyl (C=O) groups excluding carboxylic acids is 3. The Hall–Kier alpha value is -2.97. The smallest absolute Gasteiger partial charge is 0.308 e. The number of carboxylic acid groups (broad SMARTS) is 1. The molecule has 2 saturated heterocycles. The average molecular weight is 428 g/mol. The van der Waals surface area contributed by atoms with Crippen molar-refractivity contribution in [2.45, 2.75) is 56.9 Å². The number of aromatic nitrogens is 1. The van der Waals surface area contributed by atoms with Crippen molar-refractivity contribution in [3.05, 3.63) is 24.0 Å². The maximum Gasteiger partial charge on any atom is 0.308 e. The Kier molecular flexibility index (Phi) is 6.20. The van der Waals surface area contributed by atoms with Gasteiger partial charge in [-0.2, -0.15) is 0 Å². The number of rotatable bonds is 5. The highest BCUT2D eigenvalue weighted by molar-refractivity contribution is 6.00. The molecule has 3 amide bonds. The molecular weight excluding hydrogens is 400 g/mol. The Morgan fingerprint density at radius 1 is 1.06 bits per heavy atom. The van der Waals surface area contributed by atoms with E-state index in [1.807, 2.05) is 6.07 Å². The van der Waals surface area contributed by atoms with Crippen molar-refractivity contribution in [2.24, 2.45) is 11.8 Å². The average Bonchev–Trinajstić information content (AvgIpc) is 3.25. The second-order valence-electron chi connectivity index (χ2n) is 8.81. The minimum absolute atomic E-state index is 0.0430. The van der Waals surface area contributed by atoms with Gasteiger partial charge in [-0.3, -0.25) is 29.5 Å². The van der Waals surface area contributed by atoms with Gasteiger partial charge in [0.25, 0.3) is 0 Å². The highest BCUT2D eigenvalue weighted by atomic mass is 16.4.